The smallest absolute Gasteiger partial charge is 0.133 e. The Balaban J connectivity index is 2.50. The van der Waals surface area contributed by atoms with Gasteiger partial charge in [-0.25, -0.2) is 4.39 Å². The summed E-state index contributed by atoms with van der Waals surface area (Å²) in [6.07, 6.45) is 1.77. The van der Waals surface area contributed by atoms with E-state index in [1.54, 1.807) is 25.1 Å². The fourth-order valence-electron chi connectivity index (χ4n) is 1.67. The zero-order valence-electron chi connectivity index (χ0n) is 9.20. The summed E-state index contributed by atoms with van der Waals surface area (Å²) in [5.74, 6) is -0.145. The van der Waals surface area contributed by atoms with Gasteiger partial charge < -0.3 is 0 Å². The minimum Gasteiger partial charge on any atom is -0.206 e. The highest BCUT2D eigenvalue weighted by Gasteiger charge is 2.06. The predicted molar refractivity (Wildman–Crippen MR) is 66.7 cm³/mol. The molecule has 0 nitrogen and oxygen atoms in total. The first kappa shape index (κ1) is 10.6. The van der Waals surface area contributed by atoms with E-state index in [0.717, 1.165) is 11.1 Å². The summed E-state index contributed by atoms with van der Waals surface area (Å²) in [7, 11) is 0. The minimum atomic E-state index is -0.145. The van der Waals surface area contributed by atoms with Crippen LogP contribution in [-0.2, 0) is 0 Å². The van der Waals surface area contributed by atoms with E-state index in [2.05, 4.69) is 6.58 Å². The van der Waals surface area contributed by atoms with Crippen molar-refractivity contribution in [3.63, 3.8) is 0 Å². The maximum absolute atomic E-state index is 13.8. The number of halogens is 1. The van der Waals surface area contributed by atoms with Crippen LogP contribution in [-0.4, -0.2) is 0 Å². The Morgan fingerprint density at radius 1 is 1.06 bits per heavy atom. The van der Waals surface area contributed by atoms with E-state index in [1.807, 2.05) is 30.3 Å². The van der Waals surface area contributed by atoms with Gasteiger partial charge in [-0.3, -0.25) is 0 Å². The molecule has 0 radical (unpaired) electrons. The van der Waals surface area contributed by atoms with Crippen LogP contribution < -0.4 is 0 Å². The highest BCUT2D eigenvalue weighted by atomic mass is 19.1. The Labute approximate surface area is 95.1 Å². The predicted octanol–water partition coefficient (Wildman–Crippen LogP) is 4.44. The van der Waals surface area contributed by atoms with E-state index in [0.29, 0.717) is 11.1 Å². The van der Waals surface area contributed by atoms with E-state index in [-0.39, 0.29) is 5.82 Å². The zero-order chi connectivity index (χ0) is 11.5. The van der Waals surface area contributed by atoms with E-state index in [1.165, 1.54) is 0 Å². The van der Waals surface area contributed by atoms with E-state index < -0.39 is 0 Å². The number of rotatable bonds is 2. The van der Waals surface area contributed by atoms with Crippen molar-refractivity contribution in [2.75, 3.05) is 0 Å². The van der Waals surface area contributed by atoms with Crippen molar-refractivity contribution in [3.05, 3.63) is 66.0 Å². The summed E-state index contributed by atoms with van der Waals surface area (Å²) in [4.78, 5) is 0. The maximum Gasteiger partial charge on any atom is 0.133 e. The highest BCUT2D eigenvalue weighted by molar-refractivity contribution is 5.66. The lowest BCUT2D eigenvalue weighted by molar-refractivity contribution is 0.622. The van der Waals surface area contributed by atoms with Gasteiger partial charge in [0.2, 0.25) is 0 Å². The standard InChI is InChI=1S/C15H13F/c1-3-12-7-9-13(10-8-12)14-6-4-5-11(2)15(14)16/h3-10H,1H2,2H3. The normalized spacial score (nSPS) is 10.1. The third kappa shape index (κ3) is 1.89. The molecule has 0 aliphatic rings. The molecular weight excluding hydrogens is 199 g/mol. The fraction of sp³-hybridized carbons (Fsp3) is 0.0667. The molecule has 0 bridgehead atoms. The molecule has 0 unspecified atom stereocenters. The van der Waals surface area contributed by atoms with Crippen molar-refractivity contribution in [2.24, 2.45) is 0 Å². The lowest BCUT2D eigenvalue weighted by atomic mass is 10.0. The number of aryl methyl sites for hydroxylation is 1. The van der Waals surface area contributed by atoms with Gasteiger partial charge in [-0.05, 0) is 23.6 Å². The molecule has 80 valence electrons. The topological polar surface area (TPSA) is 0 Å². The van der Waals surface area contributed by atoms with Crippen LogP contribution in [0.25, 0.3) is 17.2 Å². The molecule has 2 aromatic carbocycles. The van der Waals surface area contributed by atoms with Gasteiger partial charge in [-0.2, -0.15) is 0 Å². The van der Waals surface area contributed by atoms with Gasteiger partial charge in [-0.1, -0.05) is 55.1 Å². The SMILES string of the molecule is C=Cc1ccc(-c2cccc(C)c2F)cc1. The van der Waals surface area contributed by atoms with Gasteiger partial charge in [0, 0.05) is 5.56 Å². The molecule has 2 aromatic rings. The van der Waals surface area contributed by atoms with Crippen LogP contribution in [0.3, 0.4) is 0 Å². The van der Waals surface area contributed by atoms with E-state index >= 15 is 0 Å². The lowest BCUT2D eigenvalue weighted by Crippen LogP contribution is -1.87. The second-order valence-corrected chi connectivity index (χ2v) is 3.76. The van der Waals surface area contributed by atoms with Crippen LogP contribution in [0, 0.1) is 12.7 Å². The Morgan fingerprint density at radius 3 is 2.38 bits per heavy atom. The number of hydrogen-bond donors (Lipinski definition) is 0. The molecular formula is C15H13F. The number of hydrogen-bond acceptors (Lipinski definition) is 0. The third-order valence-corrected chi connectivity index (χ3v) is 2.65. The average Bonchev–Trinajstić information content (AvgIpc) is 2.33. The van der Waals surface area contributed by atoms with Gasteiger partial charge in [0.1, 0.15) is 5.82 Å². The molecule has 0 N–H and O–H groups in total. The first-order chi connectivity index (χ1) is 7.72. The average molecular weight is 212 g/mol. The maximum atomic E-state index is 13.8. The van der Waals surface area contributed by atoms with Crippen LogP contribution in [0.15, 0.2) is 49.0 Å². The van der Waals surface area contributed by atoms with E-state index in [4.69, 9.17) is 0 Å². The molecule has 16 heavy (non-hydrogen) atoms. The molecule has 1 heteroatoms. The van der Waals surface area contributed by atoms with Gasteiger partial charge >= 0.3 is 0 Å². The summed E-state index contributed by atoms with van der Waals surface area (Å²) >= 11 is 0. The van der Waals surface area contributed by atoms with Crippen molar-refractivity contribution in [2.45, 2.75) is 6.92 Å². The van der Waals surface area contributed by atoms with Crippen LogP contribution in [0.2, 0.25) is 0 Å². The molecule has 0 fully saturated rings. The van der Waals surface area contributed by atoms with Crippen molar-refractivity contribution in [1.82, 2.24) is 0 Å². The third-order valence-electron chi connectivity index (χ3n) is 2.65. The molecule has 2 rings (SSSR count). The minimum absolute atomic E-state index is 0.145. The monoisotopic (exact) mass is 212 g/mol. The Morgan fingerprint density at radius 2 is 1.75 bits per heavy atom. The fourth-order valence-corrected chi connectivity index (χ4v) is 1.67. The Hall–Kier alpha value is -1.89. The number of benzene rings is 2. The van der Waals surface area contributed by atoms with Crippen molar-refractivity contribution in [1.29, 1.82) is 0 Å². The quantitative estimate of drug-likeness (QED) is 0.690. The first-order valence-corrected chi connectivity index (χ1v) is 5.20. The highest BCUT2D eigenvalue weighted by Crippen LogP contribution is 2.25. The van der Waals surface area contributed by atoms with E-state index in [9.17, 15) is 4.39 Å². The molecule has 0 aliphatic carbocycles. The molecule has 0 saturated carbocycles. The molecule has 0 aromatic heterocycles. The van der Waals surface area contributed by atoms with Crippen molar-refractivity contribution < 1.29 is 4.39 Å². The van der Waals surface area contributed by atoms with Crippen molar-refractivity contribution in [3.8, 4) is 11.1 Å². The Kier molecular flexibility index (Phi) is 2.86. The van der Waals surface area contributed by atoms with Gasteiger partial charge in [0.05, 0.1) is 0 Å². The van der Waals surface area contributed by atoms with Crippen LogP contribution in [0.5, 0.6) is 0 Å². The molecule has 0 aliphatic heterocycles. The van der Waals surface area contributed by atoms with Crippen molar-refractivity contribution >= 4 is 6.08 Å². The molecule has 0 atom stereocenters. The summed E-state index contributed by atoms with van der Waals surface area (Å²) in [6.45, 7) is 5.47. The molecule has 0 spiro atoms. The zero-order valence-corrected chi connectivity index (χ0v) is 9.20. The molecule has 0 saturated heterocycles. The Bertz CT molecular complexity index is 509. The second kappa shape index (κ2) is 4.31. The van der Waals surface area contributed by atoms with Crippen LogP contribution in [0.1, 0.15) is 11.1 Å². The summed E-state index contributed by atoms with van der Waals surface area (Å²) in [6, 6.07) is 13.1. The largest absolute Gasteiger partial charge is 0.206 e. The summed E-state index contributed by atoms with van der Waals surface area (Å²) in [5, 5.41) is 0. The van der Waals surface area contributed by atoms with Gasteiger partial charge in [0.15, 0.2) is 0 Å². The van der Waals surface area contributed by atoms with Gasteiger partial charge in [0.25, 0.3) is 0 Å². The first-order valence-electron chi connectivity index (χ1n) is 5.20. The molecule has 0 heterocycles. The van der Waals surface area contributed by atoms with Crippen LogP contribution in [0.4, 0.5) is 4.39 Å². The molecule has 0 amide bonds. The summed E-state index contributed by atoms with van der Waals surface area (Å²) < 4.78 is 13.8. The second-order valence-electron chi connectivity index (χ2n) is 3.76. The summed E-state index contributed by atoms with van der Waals surface area (Å²) in [5.41, 5.74) is 3.25. The van der Waals surface area contributed by atoms with Gasteiger partial charge in [-0.15, -0.1) is 0 Å². The lowest BCUT2D eigenvalue weighted by Gasteiger charge is -2.05. The van der Waals surface area contributed by atoms with Crippen LogP contribution >= 0.6 is 0 Å².